The van der Waals surface area contributed by atoms with Crippen LogP contribution in [0.25, 0.3) is 10.9 Å². The Balaban J connectivity index is 1.96. The van der Waals surface area contributed by atoms with E-state index in [-0.39, 0.29) is 0 Å². The molecule has 3 N–H and O–H groups in total. The van der Waals surface area contributed by atoms with Crippen LogP contribution in [0.4, 0.5) is 17.2 Å². The summed E-state index contributed by atoms with van der Waals surface area (Å²) < 4.78 is 0. The van der Waals surface area contributed by atoms with Crippen LogP contribution in [0.15, 0.2) is 54.6 Å². The molecule has 0 atom stereocenters. The number of fused-ring (bicyclic) bond motifs is 1. The molecule has 0 fully saturated rings. The number of nitrogens with zero attached hydrogens (tertiary/aromatic N) is 1. The fourth-order valence-electron chi connectivity index (χ4n) is 2.30. The van der Waals surface area contributed by atoms with Crippen molar-refractivity contribution in [1.82, 2.24) is 4.98 Å². The van der Waals surface area contributed by atoms with E-state index in [0.29, 0.717) is 0 Å². The van der Waals surface area contributed by atoms with E-state index >= 15 is 0 Å². The van der Waals surface area contributed by atoms with E-state index in [9.17, 15) is 0 Å². The normalized spacial score (nSPS) is 10.7. The molecule has 3 nitrogen and oxygen atoms in total. The van der Waals surface area contributed by atoms with Gasteiger partial charge >= 0.3 is 0 Å². The van der Waals surface area contributed by atoms with Crippen LogP contribution in [-0.4, -0.2) is 4.98 Å². The monoisotopic (exact) mass is 263 g/mol. The molecule has 1 heterocycles. The number of hydrogen-bond donors (Lipinski definition) is 2. The number of rotatable bonds is 3. The molecule has 0 bridgehead atoms. The number of hydrogen-bond acceptors (Lipinski definition) is 3. The molecular formula is C17H17N3. The first-order valence-corrected chi connectivity index (χ1v) is 6.77. The maximum Gasteiger partial charge on any atom is 0.131 e. The van der Waals surface area contributed by atoms with Gasteiger partial charge in [0.2, 0.25) is 0 Å². The van der Waals surface area contributed by atoms with Crippen LogP contribution >= 0.6 is 0 Å². The number of nitrogen functional groups attached to an aromatic ring is 1. The first kappa shape index (κ1) is 12.5. The van der Waals surface area contributed by atoms with Gasteiger partial charge in [0.05, 0.1) is 5.52 Å². The number of aryl methyl sites for hydroxylation is 1. The number of nitrogens with two attached hydrogens (primary N) is 1. The minimum atomic E-state index is 0.760. The third-order valence-corrected chi connectivity index (χ3v) is 3.37. The average Bonchev–Trinajstić information content (AvgIpc) is 2.48. The second-order valence-corrected chi connectivity index (χ2v) is 4.78. The van der Waals surface area contributed by atoms with E-state index in [1.165, 1.54) is 5.56 Å². The summed E-state index contributed by atoms with van der Waals surface area (Å²) in [6.45, 7) is 2.15. The molecule has 3 heteroatoms. The third-order valence-electron chi connectivity index (χ3n) is 3.37. The van der Waals surface area contributed by atoms with Gasteiger partial charge in [-0.2, -0.15) is 0 Å². The smallest absolute Gasteiger partial charge is 0.131 e. The van der Waals surface area contributed by atoms with Gasteiger partial charge in [-0.3, -0.25) is 0 Å². The first-order chi connectivity index (χ1) is 9.76. The summed E-state index contributed by atoms with van der Waals surface area (Å²) >= 11 is 0. The van der Waals surface area contributed by atoms with Gasteiger partial charge in [0.1, 0.15) is 5.82 Å². The van der Waals surface area contributed by atoms with Gasteiger partial charge in [-0.1, -0.05) is 25.1 Å². The van der Waals surface area contributed by atoms with Crippen molar-refractivity contribution in [2.24, 2.45) is 0 Å². The summed E-state index contributed by atoms with van der Waals surface area (Å²) in [6, 6.07) is 18.1. The Hall–Kier alpha value is -2.55. The molecule has 1 aromatic heterocycles. The topological polar surface area (TPSA) is 50.9 Å². The molecule has 0 aliphatic rings. The summed E-state index contributed by atoms with van der Waals surface area (Å²) in [5.41, 5.74) is 9.88. The van der Waals surface area contributed by atoms with Crippen LogP contribution in [0.2, 0.25) is 0 Å². The summed E-state index contributed by atoms with van der Waals surface area (Å²) in [5.74, 6) is 0.850. The van der Waals surface area contributed by atoms with Crippen LogP contribution < -0.4 is 11.1 Å². The molecular weight excluding hydrogens is 246 g/mol. The molecule has 0 radical (unpaired) electrons. The van der Waals surface area contributed by atoms with Crippen molar-refractivity contribution in [3.05, 3.63) is 60.2 Å². The zero-order chi connectivity index (χ0) is 13.9. The second kappa shape index (κ2) is 5.21. The van der Waals surface area contributed by atoms with Crippen LogP contribution in [-0.2, 0) is 6.42 Å². The SMILES string of the molecule is CCc1ccccc1Nc1ccc2cc(N)ccc2n1. The number of benzene rings is 2. The summed E-state index contributed by atoms with van der Waals surface area (Å²) in [7, 11) is 0. The first-order valence-electron chi connectivity index (χ1n) is 6.77. The Morgan fingerprint density at radius 1 is 1.05 bits per heavy atom. The number of nitrogens with one attached hydrogen (secondary N) is 1. The minimum Gasteiger partial charge on any atom is -0.399 e. The fraction of sp³-hybridized carbons (Fsp3) is 0.118. The summed E-state index contributed by atoms with van der Waals surface area (Å²) in [5, 5.41) is 4.44. The van der Waals surface area contributed by atoms with Crippen LogP contribution in [0, 0.1) is 0 Å². The second-order valence-electron chi connectivity index (χ2n) is 4.78. The van der Waals surface area contributed by atoms with E-state index in [0.717, 1.165) is 34.5 Å². The van der Waals surface area contributed by atoms with Crippen molar-refractivity contribution in [3.63, 3.8) is 0 Å². The highest BCUT2D eigenvalue weighted by molar-refractivity contribution is 5.83. The number of aromatic nitrogens is 1. The van der Waals surface area contributed by atoms with E-state index in [2.05, 4.69) is 35.4 Å². The number of pyridine rings is 1. The predicted octanol–water partition coefficient (Wildman–Crippen LogP) is 4.12. The molecule has 20 heavy (non-hydrogen) atoms. The largest absolute Gasteiger partial charge is 0.399 e. The lowest BCUT2D eigenvalue weighted by molar-refractivity contribution is 1.14. The number of para-hydroxylation sites is 1. The Morgan fingerprint density at radius 2 is 1.90 bits per heavy atom. The van der Waals surface area contributed by atoms with Crippen LogP contribution in [0.5, 0.6) is 0 Å². The highest BCUT2D eigenvalue weighted by Gasteiger charge is 2.02. The van der Waals surface area contributed by atoms with Crippen molar-refractivity contribution >= 4 is 28.1 Å². The zero-order valence-corrected chi connectivity index (χ0v) is 11.4. The van der Waals surface area contributed by atoms with Gasteiger partial charge in [-0.25, -0.2) is 4.98 Å². The van der Waals surface area contributed by atoms with Crippen molar-refractivity contribution in [3.8, 4) is 0 Å². The van der Waals surface area contributed by atoms with Gasteiger partial charge < -0.3 is 11.1 Å². The molecule has 0 spiro atoms. The van der Waals surface area contributed by atoms with Gasteiger partial charge in [0.15, 0.2) is 0 Å². The lowest BCUT2D eigenvalue weighted by atomic mass is 10.1. The van der Waals surface area contributed by atoms with Crippen molar-refractivity contribution in [2.45, 2.75) is 13.3 Å². The van der Waals surface area contributed by atoms with E-state index in [4.69, 9.17) is 5.73 Å². The van der Waals surface area contributed by atoms with Gasteiger partial charge in [0, 0.05) is 16.8 Å². The molecule has 100 valence electrons. The summed E-state index contributed by atoms with van der Waals surface area (Å²) in [4.78, 5) is 4.62. The van der Waals surface area contributed by atoms with Crippen molar-refractivity contribution < 1.29 is 0 Å². The highest BCUT2D eigenvalue weighted by atomic mass is 15.0. The Bertz CT molecular complexity index is 750. The Kier molecular flexibility index (Phi) is 3.25. The van der Waals surface area contributed by atoms with E-state index in [1.807, 2.05) is 36.4 Å². The Labute approximate surface area is 118 Å². The van der Waals surface area contributed by atoms with Gasteiger partial charge in [-0.15, -0.1) is 0 Å². The van der Waals surface area contributed by atoms with E-state index < -0.39 is 0 Å². The molecule has 0 saturated heterocycles. The quantitative estimate of drug-likeness (QED) is 0.699. The molecule has 2 aromatic carbocycles. The van der Waals surface area contributed by atoms with Gasteiger partial charge in [0.25, 0.3) is 0 Å². The minimum absolute atomic E-state index is 0.760. The zero-order valence-electron chi connectivity index (χ0n) is 11.4. The number of anilines is 3. The molecule has 3 rings (SSSR count). The summed E-state index contributed by atoms with van der Waals surface area (Å²) in [6.07, 6.45) is 0.993. The standard InChI is InChI=1S/C17H17N3/c1-2-12-5-3-4-6-15(12)19-17-10-7-13-11-14(18)8-9-16(13)20-17/h3-11H,2,18H2,1H3,(H,19,20). The van der Waals surface area contributed by atoms with Crippen LogP contribution in [0.3, 0.4) is 0 Å². The average molecular weight is 263 g/mol. The predicted molar refractivity (Wildman–Crippen MR) is 85.3 cm³/mol. The lowest BCUT2D eigenvalue weighted by Gasteiger charge is -2.10. The van der Waals surface area contributed by atoms with Crippen molar-refractivity contribution in [1.29, 1.82) is 0 Å². The molecule has 0 amide bonds. The Morgan fingerprint density at radius 3 is 2.75 bits per heavy atom. The molecule has 0 saturated carbocycles. The van der Waals surface area contributed by atoms with E-state index in [1.54, 1.807) is 0 Å². The highest BCUT2D eigenvalue weighted by Crippen LogP contribution is 2.23. The lowest BCUT2D eigenvalue weighted by Crippen LogP contribution is -1.97. The maximum absolute atomic E-state index is 5.78. The van der Waals surface area contributed by atoms with Crippen molar-refractivity contribution in [2.75, 3.05) is 11.1 Å². The molecule has 0 aliphatic heterocycles. The molecule has 3 aromatic rings. The third kappa shape index (κ3) is 2.43. The maximum atomic E-state index is 5.78. The molecule has 0 unspecified atom stereocenters. The fourth-order valence-corrected chi connectivity index (χ4v) is 2.30. The van der Waals surface area contributed by atoms with Crippen LogP contribution in [0.1, 0.15) is 12.5 Å². The molecule has 0 aliphatic carbocycles. The van der Waals surface area contributed by atoms with Gasteiger partial charge in [-0.05, 0) is 48.4 Å².